The van der Waals surface area contributed by atoms with Crippen LogP contribution < -0.4 is 5.56 Å². The molecule has 1 saturated heterocycles. The average Bonchev–Trinajstić information content (AvgIpc) is 3.60. The van der Waals surface area contributed by atoms with Crippen molar-refractivity contribution >= 4 is 10.9 Å². The van der Waals surface area contributed by atoms with Gasteiger partial charge in [0.1, 0.15) is 5.76 Å². The highest BCUT2D eigenvalue weighted by atomic mass is 16.5. The smallest absolute Gasteiger partial charge is 0.252 e. The number of ether oxygens (including phenoxy) is 1. The summed E-state index contributed by atoms with van der Waals surface area (Å²) in [6.07, 6.45) is 4.65. The summed E-state index contributed by atoms with van der Waals surface area (Å²) in [7, 11) is 0. The van der Waals surface area contributed by atoms with Crippen LogP contribution in [-0.2, 0) is 24.4 Å². The Hall–Kier alpha value is -3.30. The highest BCUT2D eigenvalue weighted by Gasteiger charge is 2.28. The number of pyridine rings is 1. The van der Waals surface area contributed by atoms with Gasteiger partial charge in [-0.05, 0) is 78.9 Å². The number of benzene rings is 1. The van der Waals surface area contributed by atoms with Gasteiger partial charge in [-0.1, -0.05) is 13.0 Å². The Labute approximate surface area is 204 Å². The van der Waals surface area contributed by atoms with E-state index >= 15 is 0 Å². The summed E-state index contributed by atoms with van der Waals surface area (Å²) in [5.41, 5.74) is 3.75. The minimum Gasteiger partial charge on any atom is -0.468 e. The zero-order chi connectivity index (χ0) is 24.4. The van der Waals surface area contributed by atoms with Gasteiger partial charge in [-0.25, -0.2) is 4.68 Å². The number of hydrogen-bond donors (Lipinski definition) is 1. The number of tetrazole rings is 1. The standard InChI is InChI=1S/C26H32N6O3/c1-4-24(25-28-29-30-32(25)16-21-8-6-10-35-21)31(15-20-7-5-9-34-20)14-19-13-22-18(3)11-17(2)12-23(22)27-26(19)33/h5,7,9,11-13,21,24H,4,6,8,10,14-16H2,1-3H3,(H,27,33)/t21-,24+/m1/s1. The van der Waals surface area contributed by atoms with Crippen molar-refractivity contribution in [1.82, 2.24) is 30.1 Å². The summed E-state index contributed by atoms with van der Waals surface area (Å²) in [4.78, 5) is 18.4. The van der Waals surface area contributed by atoms with Gasteiger partial charge in [0.15, 0.2) is 5.82 Å². The third kappa shape index (κ3) is 5.06. The molecule has 4 aromatic rings. The summed E-state index contributed by atoms with van der Waals surface area (Å²) in [5, 5.41) is 13.7. The number of rotatable bonds is 9. The molecule has 0 bridgehead atoms. The predicted molar refractivity (Wildman–Crippen MR) is 132 cm³/mol. The summed E-state index contributed by atoms with van der Waals surface area (Å²) < 4.78 is 13.4. The molecule has 1 fully saturated rings. The molecule has 2 atom stereocenters. The van der Waals surface area contributed by atoms with Crippen LogP contribution in [0.15, 0.2) is 45.8 Å². The van der Waals surface area contributed by atoms with Crippen molar-refractivity contribution in [3.05, 3.63) is 75.2 Å². The molecule has 9 heteroatoms. The van der Waals surface area contributed by atoms with Crippen molar-refractivity contribution in [2.24, 2.45) is 0 Å². The van der Waals surface area contributed by atoms with Crippen LogP contribution in [-0.4, -0.2) is 42.8 Å². The van der Waals surface area contributed by atoms with E-state index in [4.69, 9.17) is 9.15 Å². The fourth-order valence-electron chi connectivity index (χ4n) is 5.10. The lowest BCUT2D eigenvalue weighted by molar-refractivity contribution is 0.0882. The van der Waals surface area contributed by atoms with E-state index in [0.717, 1.165) is 59.5 Å². The second-order valence-corrected chi connectivity index (χ2v) is 9.43. The minimum atomic E-state index is -0.106. The first-order chi connectivity index (χ1) is 17.0. The first kappa shape index (κ1) is 23.4. The first-order valence-corrected chi connectivity index (χ1v) is 12.3. The van der Waals surface area contributed by atoms with E-state index in [1.807, 2.05) is 35.9 Å². The highest BCUT2D eigenvalue weighted by Crippen LogP contribution is 2.28. The molecule has 1 aliphatic rings. The Morgan fingerprint density at radius 3 is 2.89 bits per heavy atom. The van der Waals surface area contributed by atoms with Gasteiger partial charge in [0.05, 0.1) is 31.5 Å². The monoisotopic (exact) mass is 476 g/mol. The lowest BCUT2D eigenvalue weighted by Crippen LogP contribution is -2.33. The molecule has 3 aromatic heterocycles. The fourth-order valence-corrected chi connectivity index (χ4v) is 5.10. The maximum atomic E-state index is 13.1. The molecule has 0 radical (unpaired) electrons. The Balaban J connectivity index is 1.50. The number of nitrogens with zero attached hydrogens (tertiary/aromatic N) is 5. The van der Waals surface area contributed by atoms with Crippen LogP contribution in [0.25, 0.3) is 10.9 Å². The van der Waals surface area contributed by atoms with Gasteiger partial charge < -0.3 is 14.1 Å². The Morgan fingerprint density at radius 1 is 1.26 bits per heavy atom. The van der Waals surface area contributed by atoms with Crippen LogP contribution in [0.3, 0.4) is 0 Å². The van der Waals surface area contributed by atoms with E-state index in [1.165, 1.54) is 0 Å². The molecular formula is C26H32N6O3. The molecule has 5 rings (SSSR count). The van der Waals surface area contributed by atoms with Gasteiger partial charge >= 0.3 is 0 Å². The maximum absolute atomic E-state index is 13.1. The van der Waals surface area contributed by atoms with E-state index in [-0.39, 0.29) is 17.7 Å². The zero-order valence-electron chi connectivity index (χ0n) is 20.5. The van der Waals surface area contributed by atoms with Crippen molar-refractivity contribution < 1.29 is 9.15 Å². The van der Waals surface area contributed by atoms with Gasteiger partial charge in [-0.15, -0.1) is 5.10 Å². The average molecular weight is 477 g/mol. The molecule has 4 heterocycles. The number of nitrogens with one attached hydrogen (secondary N) is 1. The first-order valence-electron chi connectivity index (χ1n) is 12.3. The molecule has 35 heavy (non-hydrogen) atoms. The van der Waals surface area contributed by atoms with E-state index in [1.54, 1.807) is 6.26 Å². The molecule has 0 saturated carbocycles. The fraction of sp³-hybridized carbons (Fsp3) is 0.462. The Kier molecular flexibility index (Phi) is 6.79. The topological polar surface area (TPSA) is 102 Å². The van der Waals surface area contributed by atoms with Crippen LogP contribution in [0.5, 0.6) is 0 Å². The summed E-state index contributed by atoms with van der Waals surface area (Å²) in [6.45, 7) is 8.61. The molecule has 0 aliphatic carbocycles. The van der Waals surface area contributed by atoms with Crippen LogP contribution >= 0.6 is 0 Å². The third-order valence-electron chi connectivity index (χ3n) is 6.79. The molecule has 0 amide bonds. The van der Waals surface area contributed by atoms with Gasteiger partial charge in [0.25, 0.3) is 5.56 Å². The van der Waals surface area contributed by atoms with Crippen molar-refractivity contribution in [2.45, 2.75) is 71.8 Å². The van der Waals surface area contributed by atoms with Gasteiger partial charge in [-0.2, -0.15) is 0 Å². The van der Waals surface area contributed by atoms with Crippen LogP contribution in [0.2, 0.25) is 0 Å². The van der Waals surface area contributed by atoms with E-state index < -0.39 is 0 Å². The summed E-state index contributed by atoms with van der Waals surface area (Å²) >= 11 is 0. The molecular weight excluding hydrogens is 444 g/mol. The Morgan fingerprint density at radius 2 is 2.14 bits per heavy atom. The van der Waals surface area contributed by atoms with Gasteiger partial charge in [0, 0.05) is 29.6 Å². The number of aryl methyl sites for hydroxylation is 2. The lowest BCUT2D eigenvalue weighted by atomic mass is 10.0. The molecule has 9 nitrogen and oxygen atoms in total. The van der Waals surface area contributed by atoms with E-state index in [2.05, 4.69) is 45.3 Å². The van der Waals surface area contributed by atoms with Crippen LogP contribution in [0, 0.1) is 13.8 Å². The normalized spacial score (nSPS) is 17.0. The van der Waals surface area contributed by atoms with Crippen molar-refractivity contribution in [3.8, 4) is 0 Å². The van der Waals surface area contributed by atoms with E-state index in [9.17, 15) is 4.79 Å². The molecule has 1 aromatic carbocycles. The molecule has 184 valence electrons. The lowest BCUT2D eigenvalue weighted by Gasteiger charge is -2.29. The maximum Gasteiger partial charge on any atom is 0.252 e. The minimum absolute atomic E-state index is 0.0826. The van der Waals surface area contributed by atoms with Crippen molar-refractivity contribution in [2.75, 3.05) is 6.61 Å². The number of furan rings is 1. The zero-order valence-corrected chi connectivity index (χ0v) is 20.5. The Bertz CT molecular complexity index is 1340. The number of fused-ring (bicyclic) bond motifs is 1. The molecule has 0 spiro atoms. The van der Waals surface area contributed by atoms with Crippen molar-refractivity contribution in [3.63, 3.8) is 0 Å². The molecule has 1 N–H and O–H groups in total. The van der Waals surface area contributed by atoms with Gasteiger partial charge in [0.2, 0.25) is 0 Å². The van der Waals surface area contributed by atoms with Crippen molar-refractivity contribution in [1.29, 1.82) is 0 Å². The summed E-state index contributed by atoms with van der Waals surface area (Å²) in [5.74, 6) is 1.60. The number of hydrogen-bond acceptors (Lipinski definition) is 7. The largest absolute Gasteiger partial charge is 0.468 e. The summed E-state index contributed by atoms with van der Waals surface area (Å²) in [6, 6.07) is 9.89. The number of aromatic amines is 1. The molecule has 1 aliphatic heterocycles. The van der Waals surface area contributed by atoms with Gasteiger partial charge in [-0.3, -0.25) is 9.69 Å². The van der Waals surface area contributed by atoms with Crippen LogP contribution in [0.4, 0.5) is 0 Å². The highest BCUT2D eigenvalue weighted by molar-refractivity contribution is 5.83. The SMILES string of the molecule is CC[C@@H](c1nnnn1C[C@H]1CCCO1)N(Cc1ccco1)Cc1cc2c(C)cc(C)cc2[nH]c1=O. The second-order valence-electron chi connectivity index (χ2n) is 9.43. The van der Waals surface area contributed by atoms with E-state index in [0.29, 0.717) is 25.2 Å². The number of aromatic nitrogens is 5. The quantitative estimate of drug-likeness (QED) is 0.389. The number of H-pyrrole nitrogens is 1. The van der Waals surface area contributed by atoms with Crippen LogP contribution in [0.1, 0.15) is 60.5 Å². The molecule has 0 unspecified atom stereocenters. The second kappa shape index (κ2) is 10.1. The predicted octanol–water partition coefficient (Wildman–Crippen LogP) is 4.06. The third-order valence-corrected chi connectivity index (χ3v) is 6.79.